The maximum atomic E-state index is 9.69. The summed E-state index contributed by atoms with van der Waals surface area (Å²) >= 11 is 1.32. The van der Waals surface area contributed by atoms with Gasteiger partial charge in [-0.05, 0) is 16.9 Å². The molecule has 1 N–H and O–H groups in total. The number of hydrogen-bond acceptors (Lipinski definition) is 4. The van der Waals surface area contributed by atoms with Crippen LogP contribution in [0.1, 0.15) is 26.5 Å². The fraction of sp³-hybridized carbons (Fsp3) is 0.750. The Morgan fingerprint density at radius 1 is 1.58 bits per heavy atom. The fourth-order valence-corrected chi connectivity index (χ4v) is 1.24. The van der Waals surface area contributed by atoms with Crippen molar-refractivity contribution in [3.63, 3.8) is 0 Å². The highest BCUT2D eigenvalue weighted by Crippen LogP contribution is 2.21. The minimum Gasteiger partial charge on any atom is -0.392 e. The second-order valence-corrected chi connectivity index (χ2v) is 4.59. The Kier molecular flexibility index (Phi) is 2.80. The van der Waals surface area contributed by atoms with E-state index in [-0.39, 0.29) is 11.5 Å². The topological polar surface area (TPSA) is 46.0 Å². The maximum absolute atomic E-state index is 9.69. The predicted octanol–water partition coefficient (Wildman–Crippen LogP) is 1.49. The molecule has 0 amide bonds. The number of rotatable bonds is 2. The third kappa shape index (κ3) is 2.53. The monoisotopic (exact) mass is 186 g/mol. The van der Waals surface area contributed by atoms with Gasteiger partial charge in [-0.25, -0.2) is 0 Å². The molecule has 0 bridgehead atoms. The summed E-state index contributed by atoms with van der Waals surface area (Å²) in [5.74, 6) is 0. The second-order valence-electron chi connectivity index (χ2n) is 3.98. The van der Waals surface area contributed by atoms with Gasteiger partial charge in [-0.2, -0.15) is 0 Å². The Hall–Kier alpha value is -0.480. The molecule has 0 radical (unpaired) electrons. The first kappa shape index (κ1) is 9.61. The first-order chi connectivity index (χ1) is 5.50. The number of aliphatic hydroxyl groups excluding tert-OH is 1. The van der Waals surface area contributed by atoms with Crippen molar-refractivity contribution in [1.29, 1.82) is 0 Å². The van der Waals surface area contributed by atoms with Crippen LogP contribution in [0.5, 0.6) is 0 Å². The van der Waals surface area contributed by atoms with Crippen molar-refractivity contribution in [3.05, 3.63) is 11.1 Å². The molecule has 4 heteroatoms. The van der Waals surface area contributed by atoms with Crippen molar-refractivity contribution < 1.29 is 5.11 Å². The van der Waals surface area contributed by atoms with Crippen LogP contribution >= 0.6 is 11.5 Å². The van der Waals surface area contributed by atoms with E-state index in [0.29, 0.717) is 6.42 Å². The number of hydrogen-bond donors (Lipinski definition) is 1. The highest BCUT2D eigenvalue weighted by Gasteiger charge is 2.22. The van der Waals surface area contributed by atoms with Crippen LogP contribution in [0.3, 0.4) is 0 Å². The molecule has 0 saturated heterocycles. The van der Waals surface area contributed by atoms with E-state index in [0.717, 1.165) is 5.69 Å². The van der Waals surface area contributed by atoms with Gasteiger partial charge in [0.2, 0.25) is 0 Å². The van der Waals surface area contributed by atoms with Gasteiger partial charge in [0.05, 0.1) is 11.8 Å². The van der Waals surface area contributed by atoms with Crippen LogP contribution in [-0.4, -0.2) is 20.8 Å². The van der Waals surface area contributed by atoms with Crippen molar-refractivity contribution in [1.82, 2.24) is 9.59 Å². The Morgan fingerprint density at radius 2 is 2.25 bits per heavy atom. The van der Waals surface area contributed by atoms with Gasteiger partial charge < -0.3 is 5.11 Å². The molecule has 1 rings (SSSR count). The molecule has 0 saturated carbocycles. The zero-order valence-electron chi connectivity index (χ0n) is 7.61. The van der Waals surface area contributed by atoms with E-state index in [2.05, 4.69) is 9.59 Å². The Morgan fingerprint density at radius 3 is 2.67 bits per heavy atom. The van der Waals surface area contributed by atoms with Crippen molar-refractivity contribution in [3.8, 4) is 0 Å². The summed E-state index contributed by atoms with van der Waals surface area (Å²) in [5, 5.41) is 15.4. The average molecular weight is 186 g/mol. The summed E-state index contributed by atoms with van der Waals surface area (Å²) < 4.78 is 3.74. The highest BCUT2D eigenvalue weighted by molar-refractivity contribution is 7.03. The molecular weight excluding hydrogens is 172 g/mol. The van der Waals surface area contributed by atoms with E-state index < -0.39 is 0 Å². The molecule has 0 spiro atoms. The van der Waals surface area contributed by atoms with Crippen molar-refractivity contribution in [2.75, 3.05) is 0 Å². The normalized spacial score (nSPS) is 14.7. The van der Waals surface area contributed by atoms with E-state index in [1.165, 1.54) is 11.5 Å². The SMILES string of the molecule is CC(C)(C)C(O)Cc1csnn1. The zero-order valence-corrected chi connectivity index (χ0v) is 8.43. The van der Waals surface area contributed by atoms with Gasteiger partial charge in [0, 0.05) is 11.8 Å². The molecule has 1 atom stereocenters. The molecule has 0 fully saturated rings. The van der Waals surface area contributed by atoms with Gasteiger partial charge in [-0.15, -0.1) is 5.10 Å². The number of nitrogens with zero attached hydrogens (tertiary/aromatic N) is 2. The molecule has 1 aromatic rings. The van der Waals surface area contributed by atoms with Crippen LogP contribution in [-0.2, 0) is 6.42 Å². The van der Waals surface area contributed by atoms with E-state index >= 15 is 0 Å². The highest BCUT2D eigenvalue weighted by atomic mass is 32.1. The lowest BCUT2D eigenvalue weighted by atomic mass is 9.87. The molecule has 68 valence electrons. The van der Waals surface area contributed by atoms with E-state index in [9.17, 15) is 5.11 Å². The number of aromatic nitrogens is 2. The van der Waals surface area contributed by atoms with Gasteiger partial charge in [-0.1, -0.05) is 25.3 Å². The van der Waals surface area contributed by atoms with Gasteiger partial charge in [0.15, 0.2) is 0 Å². The van der Waals surface area contributed by atoms with Crippen LogP contribution in [0.25, 0.3) is 0 Å². The predicted molar refractivity (Wildman–Crippen MR) is 49.1 cm³/mol. The van der Waals surface area contributed by atoms with Gasteiger partial charge in [0.1, 0.15) is 0 Å². The third-order valence-corrected chi connectivity index (χ3v) is 2.36. The lowest BCUT2D eigenvalue weighted by Gasteiger charge is -2.24. The maximum Gasteiger partial charge on any atom is 0.0781 e. The van der Waals surface area contributed by atoms with Crippen molar-refractivity contribution in [2.45, 2.75) is 33.3 Å². The van der Waals surface area contributed by atoms with Gasteiger partial charge >= 0.3 is 0 Å². The Labute approximate surface area is 76.6 Å². The van der Waals surface area contributed by atoms with Crippen LogP contribution in [0, 0.1) is 5.41 Å². The molecule has 0 aliphatic carbocycles. The standard InChI is InChI=1S/C8H14N2OS/c1-8(2,3)7(11)4-6-5-12-10-9-6/h5,7,11H,4H2,1-3H3. The molecule has 1 heterocycles. The smallest absolute Gasteiger partial charge is 0.0781 e. The lowest BCUT2D eigenvalue weighted by molar-refractivity contribution is 0.0628. The molecule has 0 aliphatic heterocycles. The Balaban J connectivity index is 2.53. The number of aliphatic hydroxyl groups is 1. The second kappa shape index (κ2) is 3.49. The molecule has 1 unspecified atom stereocenters. The largest absolute Gasteiger partial charge is 0.392 e. The summed E-state index contributed by atoms with van der Waals surface area (Å²) in [7, 11) is 0. The molecule has 3 nitrogen and oxygen atoms in total. The van der Waals surface area contributed by atoms with Crippen molar-refractivity contribution in [2.24, 2.45) is 5.41 Å². The lowest BCUT2D eigenvalue weighted by Crippen LogP contribution is -2.28. The Bertz CT molecular complexity index is 228. The van der Waals surface area contributed by atoms with Gasteiger partial charge in [-0.3, -0.25) is 0 Å². The van der Waals surface area contributed by atoms with Crippen LogP contribution < -0.4 is 0 Å². The summed E-state index contributed by atoms with van der Waals surface area (Å²) in [6.07, 6.45) is 0.251. The molecular formula is C8H14N2OS. The van der Waals surface area contributed by atoms with E-state index in [4.69, 9.17) is 0 Å². The van der Waals surface area contributed by atoms with E-state index in [1.54, 1.807) is 0 Å². The minimum absolute atomic E-state index is 0.0797. The third-order valence-electron chi connectivity index (χ3n) is 1.81. The summed E-state index contributed by atoms with van der Waals surface area (Å²) in [5.41, 5.74) is 0.798. The first-order valence-electron chi connectivity index (χ1n) is 3.94. The average Bonchev–Trinajstić information content (AvgIpc) is 2.37. The summed E-state index contributed by atoms with van der Waals surface area (Å²) in [6.45, 7) is 6.03. The fourth-order valence-electron chi connectivity index (χ4n) is 0.777. The molecule has 0 aromatic carbocycles. The van der Waals surface area contributed by atoms with Crippen LogP contribution in [0.2, 0.25) is 0 Å². The first-order valence-corrected chi connectivity index (χ1v) is 4.78. The zero-order chi connectivity index (χ0) is 9.19. The summed E-state index contributed by atoms with van der Waals surface area (Å²) in [4.78, 5) is 0. The van der Waals surface area contributed by atoms with Crippen molar-refractivity contribution >= 4 is 11.5 Å². The van der Waals surface area contributed by atoms with Crippen LogP contribution in [0.15, 0.2) is 5.38 Å². The summed E-state index contributed by atoms with van der Waals surface area (Å²) in [6, 6.07) is 0. The quantitative estimate of drug-likeness (QED) is 0.761. The minimum atomic E-state index is -0.346. The molecule has 0 aliphatic rings. The van der Waals surface area contributed by atoms with Crippen LogP contribution in [0.4, 0.5) is 0 Å². The van der Waals surface area contributed by atoms with E-state index in [1.807, 2.05) is 26.2 Å². The molecule has 1 aromatic heterocycles. The molecule has 12 heavy (non-hydrogen) atoms. The van der Waals surface area contributed by atoms with Gasteiger partial charge in [0.25, 0.3) is 0 Å².